The molecule has 0 heterocycles. The average Bonchev–Trinajstić information content (AvgIpc) is 2.32. The van der Waals surface area contributed by atoms with Gasteiger partial charge in [0, 0.05) is 12.1 Å². The van der Waals surface area contributed by atoms with E-state index in [0.717, 1.165) is 13.0 Å². The minimum atomic E-state index is 0.224. The Morgan fingerprint density at radius 2 is 1.67 bits per heavy atom. The van der Waals surface area contributed by atoms with E-state index in [1.807, 2.05) is 0 Å². The lowest BCUT2D eigenvalue weighted by Crippen LogP contribution is -2.43. The second kappa shape index (κ2) is 9.80. The van der Waals surface area contributed by atoms with Crippen LogP contribution in [0.5, 0.6) is 0 Å². The first-order chi connectivity index (χ1) is 8.41. The molecule has 0 radical (unpaired) electrons. The fraction of sp³-hybridized carbons (Fsp3) is 1.00. The molecule has 0 aliphatic heterocycles. The Morgan fingerprint density at radius 1 is 1.00 bits per heavy atom. The van der Waals surface area contributed by atoms with Crippen LogP contribution in [0.2, 0.25) is 0 Å². The molecule has 0 fully saturated rings. The lowest BCUT2D eigenvalue weighted by Gasteiger charge is -2.28. The van der Waals surface area contributed by atoms with Gasteiger partial charge in [0.15, 0.2) is 0 Å². The summed E-state index contributed by atoms with van der Waals surface area (Å²) in [5.41, 5.74) is 0.224. The van der Waals surface area contributed by atoms with Gasteiger partial charge >= 0.3 is 0 Å². The quantitative estimate of drug-likeness (QED) is 0.549. The molecular formula is C16H35NO. The topological polar surface area (TPSA) is 21.3 Å². The van der Waals surface area contributed by atoms with E-state index < -0.39 is 0 Å². The van der Waals surface area contributed by atoms with Gasteiger partial charge in [-0.25, -0.2) is 0 Å². The van der Waals surface area contributed by atoms with Gasteiger partial charge in [0.2, 0.25) is 0 Å². The molecule has 0 aliphatic carbocycles. The van der Waals surface area contributed by atoms with Gasteiger partial charge in [-0.1, -0.05) is 39.5 Å². The molecule has 0 aromatic carbocycles. The minimum absolute atomic E-state index is 0.224. The van der Waals surface area contributed by atoms with Crippen molar-refractivity contribution in [3.8, 4) is 0 Å². The van der Waals surface area contributed by atoms with Gasteiger partial charge < -0.3 is 10.1 Å². The van der Waals surface area contributed by atoms with Crippen molar-refractivity contribution in [2.75, 3.05) is 6.54 Å². The van der Waals surface area contributed by atoms with Crippen LogP contribution in [-0.2, 0) is 4.74 Å². The molecule has 2 unspecified atom stereocenters. The lowest BCUT2D eigenvalue weighted by molar-refractivity contribution is 0.000499. The van der Waals surface area contributed by atoms with Crippen molar-refractivity contribution in [3.05, 3.63) is 0 Å². The number of hydrogen-bond acceptors (Lipinski definition) is 2. The SMILES string of the molecule is CCCCCCC(C)OC(C)CNC(C)(C)CC. The van der Waals surface area contributed by atoms with Crippen molar-refractivity contribution in [1.29, 1.82) is 0 Å². The summed E-state index contributed by atoms with van der Waals surface area (Å²) in [6.07, 6.45) is 8.35. The van der Waals surface area contributed by atoms with Crippen LogP contribution >= 0.6 is 0 Å². The van der Waals surface area contributed by atoms with E-state index >= 15 is 0 Å². The summed E-state index contributed by atoms with van der Waals surface area (Å²) in [6.45, 7) is 14.3. The highest BCUT2D eigenvalue weighted by Gasteiger charge is 2.16. The standard InChI is InChI=1S/C16H35NO/c1-7-9-10-11-12-14(3)18-15(4)13-17-16(5,6)8-2/h14-15,17H,7-13H2,1-6H3. The zero-order chi connectivity index (χ0) is 14.0. The molecule has 2 nitrogen and oxygen atoms in total. The van der Waals surface area contributed by atoms with E-state index in [0.29, 0.717) is 12.2 Å². The van der Waals surface area contributed by atoms with Gasteiger partial charge in [-0.3, -0.25) is 0 Å². The van der Waals surface area contributed by atoms with Crippen molar-refractivity contribution >= 4 is 0 Å². The summed E-state index contributed by atoms with van der Waals surface area (Å²) in [5.74, 6) is 0. The third-order valence-electron chi connectivity index (χ3n) is 3.68. The largest absolute Gasteiger partial charge is 0.374 e. The minimum Gasteiger partial charge on any atom is -0.374 e. The van der Waals surface area contributed by atoms with E-state index in [9.17, 15) is 0 Å². The Balaban J connectivity index is 3.64. The molecule has 0 aliphatic rings. The monoisotopic (exact) mass is 257 g/mol. The maximum Gasteiger partial charge on any atom is 0.0675 e. The first-order valence-corrected chi connectivity index (χ1v) is 7.81. The fourth-order valence-corrected chi connectivity index (χ4v) is 1.92. The molecule has 0 spiro atoms. The Labute approximate surface area is 115 Å². The Bertz CT molecular complexity index is 192. The zero-order valence-corrected chi connectivity index (χ0v) is 13.5. The molecule has 2 atom stereocenters. The van der Waals surface area contributed by atoms with Crippen LogP contribution in [0.3, 0.4) is 0 Å². The van der Waals surface area contributed by atoms with Gasteiger partial charge in [-0.05, 0) is 40.5 Å². The van der Waals surface area contributed by atoms with E-state index in [4.69, 9.17) is 4.74 Å². The predicted molar refractivity (Wildman–Crippen MR) is 81.1 cm³/mol. The number of rotatable bonds is 11. The molecular weight excluding hydrogens is 222 g/mol. The fourth-order valence-electron chi connectivity index (χ4n) is 1.92. The van der Waals surface area contributed by atoms with Crippen molar-refractivity contribution in [3.63, 3.8) is 0 Å². The van der Waals surface area contributed by atoms with Crippen molar-refractivity contribution in [1.82, 2.24) is 5.32 Å². The zero-order valence-electron chi connectivity index (χ0n) is 13.5. The van der Waals surface area contributed by atoms with Crippen LogP contribution in [0.15, 0.2) is 0 Å². The number of hydrogen-bond donors (Lipinski definition) is 1. The number of unbranched alkanes of at least 4 members (excludes halogenated alkanes) is 3. The number of ether oxygens (including phenoxy) is 1. The third-order valence-corrected chi connectivity index (χ3v) is 3.68. The summed E-state index contributed by atoms with van der Waals surface area (Å²) >= 11 is 0. The summed E-state index contributed by atoms with van der Waals surface area (Å²) in [4.78, 5) is 0. The van der Waals surface area contributed by atoms with E-state index in [1.54, 1.807) is 0 Å². The second-order valence-electron chi connectivity index (χ2n) is 6.22. The average molecular weight is 257 g/mol. The van der Waals surface area contributed by atoms with E-state index in [2.05, 4.69) is 46.9 Å². The smallest absolute Gasteiger partial charge is 0.0675 e. The highest BCUT2D eigenvalue weighted by Crippen LogP contribution is 2.11. The highest BCUT2D eigenvalue weighted by atomic mass is 16.5. The summed E-state index contributed by atoms with van der Waals surface area (Å²) in [6, 6.07) is 0. The summed E-state index contributed by atoms with van der Waals surface area (Å²) < 4.78 is 6.01. The lowest BCUT2D eigenvalue weighted by atomic mass is 10.0. The van der Waals surface area contributed by atoms with E-state index in [-0.39, 0.29) is 5.54 Å². The second-order valence-corrected chi connectivity index (χ2v) is 6.22. The van der Waals surface area contributed by atoms with Crippen molar-refractivity contribution < 1.29 is 4.74 Å². The number of nitrogens with one attached hydrogen (secondary N) is 1. The molecule has 1 N–H and O–H groups in total. The van der Waals surface area contributed by atoms with Crippen LogP contribution in [0.4, 0.5) is 0 Å². The molecule has 0 amide bonds. The van der Waals surface area contributed by atoms with Crippen LogP contribution in [-0.4, -0.2) is 24.3 Å². The third kappa shape index (κ3) is 9.90. The van der Waals surface area contributed by atoms with Gasteiger partial charge in [-0.15, -0.1) is 0 Å². The van der Waals surface area contributed by atoms with Crippen LogP contribution in [0.25, 0.3) is 0 Å². The molecule has 110 valence electrons. The van der Waals surface area contributed by atoms with Crippen LogP contribution < -0.4 is 5.32 Å². The summed E-state index contributed by atoms with van der Waals surface area (Å²) in [5, 5.41) is 3.57. The van der Waals surface area contributed by atoms with Crippen molar-refractivity contribution in [2.45, 2.75) is 97.8 Å². The van der Waals surface area contributed by atoms with Crippen LogP contribution in [0.1, 0.15) is 80.1 Å². The van der Waals surface area contributed by atoms with E-state index in [1.165, 1.54) is 32.1 Å². The summed E-state index contributed by atoms with van der Waals surface area (Å²) in [7, 11) is 0. The normalized spacial score (nSPS) is 15.7. The molecule has 0 aromatic heterocycles. The molecule has 0 rings (SSSR count). The molecule has 0 saturated heterocycles. The Kier molecular flexibility index (Phi) is 9.76. The van der Waals surface area contributed by atoms with Gasteiger partial charge in [0.1, 0.15) is 0 Å². The highest BCUT2D eigenvalue weighted by molar-refractivity contribution is 4.76. The predicted octanol–water partition coefficient (Wildman–Crippen LogP) is 4.53. The Hall–Kier alpha value is -0.0800. The van der Waals surface area contributed by atoms with Gasteiger partial charge in [0.25, 0.3) is 0 Å². The van der Waals surface area contributed by atoms with Gasteiger partial charge in [-0.2, -0.15) is 0 Å². The van der Waals surface area contributed by atoms with Crippen molar-refractivity contribution in [2.24, 2.45) is 0 Å². The van der Waals surface area contributed by atoms with Crippen LogP contribution in [0, 0.1) is 0 Å². The molecule has 0 saturated carbocycles. The first kappa shape index (κ1) is 17.9. The molecule has 0 aromatic rings. The first-order valence-electron chi connectivity index (χ1n) is 7.81. The van der Waals surface area contributed by atoms with Gasteiger partial charge in [0.05, 0.1) is 12.2 Å². The maximum atomic E-state index is 6.01. The maximum absolute atomic E-state index is 6.01. The molecule has 18 heavy (non-hydrogen) atoms. The molecule has 0 bridgehead atoms. The Morgan fingerprint density at radius 3 is 2.22 bits per heavy atom. The molecule has 2 heteroatoms.